The fraction of sp³-hybridized carbons (Fsp3) is 0.923. The Morgan fingerprint density at radius 3 is 2.25 bits per heavy atom. The van der Waals surface area contributed by atoms with Crippen molar-refractivity contribution >= 4 is 0 Å². The second-order valence-corrected chi connectivity index (χ2v) is 5.33. The van der Waals surface area contributed by atoms with Crippen LogP contribution in [0.4, 0.5) is 0 Å². The van der Waals surface area contributed by atoms with Gasteiger partial charge < -0.3 is 0 Å². The molecule has 16 heavy (non-hydrogen) atoms. The van der Waals surface area contributed by atoms with Crippen molar-refractivity contribution in [3.63, 3.8) is 0 Å². The zero-order chi connectivity index (χ0) is 12.2. The van der Waals surface area contributed by atoms with Crippen molar-refractivity contribution in [3.8, 4) is 6.07 Å². The molecule has 1 unspecified atom stereocenters. The summed E-state index contributed by atoms with van der Waals surface area (Å²) in [5, 5.41) is 9.10. The Labute approximate surface area is 100 Å². The summed E-state index contributed by atoms with van der Waals surface area (Å²) in [6.45, 7) is 12.8. The SMILES string of the molecule is CCCC(C)N1CCN(C(C)(C)C#N)CC1. The first-order valence-corrected chi connectivity index (χ1v) is 6.41. The molecule has 0 amide bonds. The van der Waals surface area contributed by atoms with E-state index < -0.39 is 0 Å². The number of hydrogen-bond donors (Lipinski definition) is 0. The van der Waals surface area contributed by atoms with Crippen molar-refractivity contribution in [2.24, 2.45) is 0 Å². The lowest BCUT2D eigenvalue weighted by Gasteiger charge is -2.42. The Balaban J connectivity index is 2.43. The largest absolute Gasteiger partial charge is 0.298 e. The lowest BCUT2D eigenvalue weighted by atomic mass is 10.0. The van der Waals surface area contributed by atoms with Crippen LogP contribution in [0.3, 0.4) is 0 Å². The first kappa shape index (κ1) is 13.5. The summed E-state index contributed by atoms with van der Waals surface area (Å²) in [6, 6.07) is 3.08. The van der Waals surface area contributed by atoms with Crippen molar-refractivity contribution in [3.05, 3.63) is 0 Å². The highest BCUT2D eigenvalue weighted by molar-refractivity contribution is 5.02. The molecule has 92 valence electrons. The molecule has 1 fully saturated rings. The van der Waals surface area contributed by atoms with Crippen molar-refractivity contribution in [2.75, 3.05) is 26.2 Å². The Morgan fingerprint density at radius 2 is 1.81 bits per heavy atom. The van der Waals surface area contributed by atoms with E-state index in [0.717, 1.165) is 26.2 Å². The predicted molar refractivity (Wildman–Crippen MR) is 67.2 cm³/mol. The zero-order valence-corrected chi connectivity index (χ0v) is 11.2. The maximum absolute atomic E-state index is 9.10. The van der Waals surface area contributed by atoms with E-state index in [4.69, 9.17) is 5.26 Å². The monoisotopic (exact) mass is 223 g/mol. The van der Waals surface area contributed by atoms with Crippen LogP contribution in [0.1, 0.15) is 40.5 Å². The Kier molecular flexibility index (Phi) is 4.76. The van der Waals surface area contributed by atoms with Crippen molar-refractivity contribution in [1.29, 1.82) is 5.26 Å². The third kappa shape index (κ3) is 3.20. The van der Waals surface area contributed by atoms with Crippen LogP contribution in [0.5, 0.6) is 0 Å². The summed E-state index contributed by atoms with van der Waals surface area (Å²) in [5.74, 6) is 0. The number of piperazine rings is 1. The molecule has 0 aromatic heterocycles. The van der Waals surface area contributed by atoms with Crippen LogP contribution in [-0.4, -0.2) is 47.6 Å². The van der Waals surface area contributed by atoms with Crippen molar-refractivity contribution in [1.82, 2.24) is 9.80 Å². The van der Waals surface area contributed by atoms with Gasteiger partial charge in [0.1, 0.15) is 5.54 Å². The summed E-state index contributed by atoms with van der Waals surface area (Å²) in [7, 11) is 0. The molecule has 1 saturated heterocycles. The average molecular weight is 223 g/mol. The van der Waals surface area contributed by atoms with Gasteiger partial charge in [-0.2, -0.15) is 5.26 Å². The lowest BCUT2D eigenvalue weighted by Crippen LogP contribution is -2.55. The van der Waals surface area contributed by atoms with Crippen LogP contribution in [-0.2, 0) is 0 Å². The highest BCUT2D eigenvalue weighted by atomic mass is 15.3. The van der Waals surface area contributed by atoms with Crippen LogP contribution in [0.2, 0.25) is 0 Å². The summed E-state index contributed by atoms with van der Waals surface area (Å²) in [4.78, 5) is 4.84. The zero-order valence-electron chi connectivity index (χ0n) is 11.2. The number of nitrogens with zero attached hydrogens (tertiary/aromatic N) is 3. The molecule has 1 heterocycles. The molecule has 0 N–H and O–H groups in total. The highest BCUT2D eigenvalue weighted by Gasteiger charge is 2.30. The Bertz CT molecular complexity index is 246. The van der Waals surface area contributed by atoms with Crippen LogP contribution < -0.4 is 0 Å². The number of rotatable bonds is 4. The van der Waals surface area contributed by atoms with Gasteiger partial charge in [0.15, 0.2) is 0 Å². The van der Waals surface area contributed by atoms with Crippen molar-refractivity contribution in [2.45, 2.75) is 52.1 Å². The Morgan fingerprint density at radius 1 is 1.25 bits per heavy atom. The molecule has 3 heteroatoms. The van der Waals surface area contributed by atoms with Crippen molar-refractivity contribution < 1.29 is 0 Å². The van der Waals surface area contributed by atoms with Gasteiger partial charge in [0.25, 0.3) is 0 Å². The third-order valence-electron chi connectivity index (χ3n) is 3.71. The standard InChI is InChI=1S/C13H25N3/c1-5-6-12(2)15-7-9-16(10-8-15)13(3,4)11-14/h12H,5-10H2,1-4H3. The van der Waals surface area contributed by atoms with Gasteiger partial charge in [-0.3, -0.25) is 9.80 Å². The first-order valence-electron chi connectivity index (χ1n) is 6.41. The van der Waals surface area contributed by atoms with E-state index in [0.29, 0.717) is 6.04 Å². The van der Waals surface area contributed by atoms with Gasteiger partial charge in [0.05, 0.1) is 6.07 Å². The molecule has 0 radical (unpaired) electrons. The molecule has 3 nitrogen and oxygen atoms in total. The fourth-order valence-corrected chi connectivity index (χ4v) is 2.39. The number of nitriles is 1. The third-order valence-corrected chi connectivity index (χ3v) is 3.71. The number of hydrogen-bond acceptors (Lipinski definition) is 3. The van der Waals surface area contributed by atoms with E-state index in [-0.39, 0.29) is 5.54 Å². The van der Waals surface area contributed by atoms with E-state index in [1.165, 1.54) is 12.8 Å². The minimum atomic E-state index is -0.305. The minimum absolute atomic E-state index is 0.305. The summed E-state index contributed by atoms with van der Waals surface area (Å²) in [5.41, 5.74) is -0.305. The topological polar surface area (TPSA) is 30.3 Å². The highest BCUT2D eigenvalue weighted by Crippen LogP contribution is 2.18. The van der Waals surface area contributed by atoms with Crippen LogP contribution in [0.25, 0.3) is 0 Å². The molecular weight excluding hydrogens is 198 g/mol. The van der Waals surface area contributed by atoms with E-state index in [1.54, 1.807) is 0 Å². The maximum atomic E-state index is 9.10. The molecule has 1 atom stereocenters. The van der Waals surface area contributed by atoms with Crippen LogP contribution in [0, 0.1) is 11.3 Å². The van der Waals surface area contributed by atoms with E-state index in [9.17, 15) is 0 Å². The molecule has 0 spiro atoms. The normalized spacial score (nSPS) is 21.7. The first-order chi connectivity index (χ1) is 7.51. The quantitative estimate of drug-likeness (QED) is 0.731. The van der Waals surface area contributed by atoms with E-state index >= 15 is 0 Å². The molecule has 0 aliphatic carbocycles. The average Bonchev–Trinajstić information content (AvgIpc) is 2.29. The summed E-state index contributed by atoms with van der Waals surface area (Å²) < 4.78 is 0. The summed E-state index contributed by atoms with van der Waals surface area (Å²) >= 11 is 0. The van der Waals surface area contributed by atoms with Gasteiger partial charge in [0.2, 0.25) is 0 Å². The molecule has 0 bridgehead atoms. The maximum Gasteiger partial charge on any atom is 0.103 e. The Hall–Kier alpha value is -0.590. The lowest BCUT2D eigenvalue weighted by molar-refractivity contribution is 0.0582. The van der Waals surface area contributed by atoms with Gasteiger partial charge in [0, 0.05) is 32.2 Å². The van der Waals surface area contributed by atoms with Gasteiger partial charge >= 0.3 is 0 Å². The van der Waals surface area contributed by atoms with E-state index in [2.05, 4.69) is 29.7 Å². The molecule has 0 saturated carbocycles. The van der Waals surface area contributed by atoms with Crippen LogP contribution >= 0.6 is 0 Å². The smallest absolute Gasteiger partial charge is 0.103 e. The molecule has 1 aliphatic rings. The second-order valence-electron chi connectivity index (χ2n) is 5.33. The van der Waals surface area contributed by atoms with Gasteiger partial charge in [-0.05, 0) is 27.2 Å². The fourth-order valence-electron chi connectivity index (χ4n) is 2.39. The van der Waals surface area contributed by atoms with E-state index in [1.807, 2.05) is 13.8 Å². The molecular formula is C13H25N3. The van der Waals surface area contributed by atoms with Gasteiger partial charge in [-0.1, -0.05) is 13.3 Å². The molecule has 1 rings (SSSR count). The predicted octanol–water partition coefficient (Wildman–Crippen LogP) is 2.09. The summed E-state index contributed by atoms with van der Waals surface area (Å²) in [6.07, 6.45) is 2.53. The molecule has 1 aliphatic heterocycles. The van der Waals surface area contributed by atoms with Gasteiger partial charge in [-0.15, -0.1) is 0 Å². The van der Waals surface area contributed by atoms with Crippen LogP contribution in [0.15, 0.2) is 0 Å². The minimum Gasteiger partial charge on any atom is -0.298 e. The molecule has 0 aromatic carbocycles. The second kappa shape index (κ2) is 5.65. The molecule has 0 aromatic rings. The van der Waals surface area contributed by atoms with Gasteiger partial charge in [-0.25, -0.2) is 0 Å².